The average Bonchev–Trinajstić information content (AvgIpc) is 2.82. The maximum Gasteiger partial charge on any atom is 0.309 e. The highest BCUT2D eigenvalue weighted by molar-refractivity contribution is 5.79. The van der Waals surface area contributed by atoms with Crippen LogP contribution in [0, 0.1) is 5.92 Å². The van der Waals surface area contributed by atoms with Crippen LogP contribution in [0.1, 0.15) is 142 Å². The smallest absolute Gasteiger partial charge is 0.309 e. The number of carbonyl (C=O) groups is 2. The molecule has 1 atom stereocenters. The number of hydrogen-bond donors (Lipinski definition) is 1. The van der Waals surface area contributed by atoms with Gasteiger partial charge < -0.3 is 9.84 Å². The molecule has 0 heterocycles. The zero-order valence-electron chi connectivity index (χ0n) is 22.2. The minimum atomic E-state index is -0.943. The quantitative estimate of drug-likeness (QED) is 0.0764. The molecule has 0 rings (SSSR count). The molecule has 0 saturated heterocycles. The number of carboxylic acids is 1. The summed E-state index contributed by atoms with van der Waals surface area (Å²) in [6.07, 6.45) is 31.2. The summed E-state index contributed by atoms with van der Waals surface area (Å²) < 4.78 is 5.03. The number of ether oxygens (including phenoxy) is 1. The second kappa shape index (κ2) is 26.0. The number of carboxylic acid groups (broad SMARTS) is 1. The Morgan fingerprint density at radius 3 is 1.62 bits per heavy atom. The first-order valence-corrected chi connectivity index (χ1v) is 14.3. The summed E-state index contributed by atoms with van der Waals surface area (Å²) >= 11 is 0. The highest BCUT2D eigenvalue weighted by Crippen LogP contribution is 2.18. The molecule has 0 fully saturated rings. The molecule has 1 unspecified atom stereocenters. The Morgan fingerprint density at radius 1 is 0.735 bits per heavy atom. The Kier molecular flexibility index (Phi) is 24.8. The number of hydrogen-bond acceptors (Lipinski definition) is 3. The van der Waals surface area contributed by atoms with Gasteiger partial charge >= 0.3 is 11.9 Å². The standard InChI is InChI=1S/C30H54O4/c1-3-5-6-7-8-9-10-11-12-13-14-15-16-17-18-19-20-21-22-23-24-25-28(27-29(31)32)30(33)34-26-4-2/h4,9-10,28H,2-3,5-8,11-27H2,1H3,(H,31,32)/b10-9+. The minimum absolute atomic E-state index is 0.145. The van der Waals surface area contributed by atoms with E-state index in [9.17, 15) is 9.59 Å². The van der Waals surface area contributed by atoms with Gasteiger partial charge in [-0.3, -0.25) is 9.59 Å². The molecular weight excluding hydrogens is 424 g/mol. The van der Waals surface area contributed by atoms with Gasteiger partial charge in [0.05, 0.1) is 12.3 Å². The topological polar surface area (TPSA) is 63.6 Å². The van der Waals surface area contributed by atoms with Gasteiger partial charge in [0.25, 0.3) is 0 Å². The molecular formula is C30H54O4. The first-order valence-electron chi connectivity index (χ1n) is 14.3. The van der Waals surface area contributed by atoms with E-state index in [-0.39, 0.29) is 13.0 Å². The lowest BCUT2D eigenvalue weighted by molar-refractivity contribution is -0.152. The minimum Gasteiger partial charge on any atom is -0.481 e. The normalized spacial score (nSPS) is 12.1. The maximum atomic E-state index is 11.9. The van der Waals surface area contributed by atoms with Crippen molar-refractivity contribution in [2.24, 2.45) is 5.92 Å². The fourth-order valence-corrected chi connectivity index (χ4v) is 4.30. The number of carbonyl (C=O) groups excluding carboxylic acids is 1. The zero-order valence-corrected chi connectivity index (χ0v) is 22.2. The summed E-state index contributed by atoms with van der Waals surface area (Å²) in [5, 5.41) is 9.00. The Labute approximate surface area is 210 Å². The predicted molar refractivity (Wildman–Crippen MR) is 144 cm³/mol. The van der Waals surface area contributed by atoms with Crippen LogP contribution < -0.4 is 0 Å². The molecule has 0 aromatic carbocycles. The fourth-order valence-electron chi connectivity index (χ4n) is 4.30. The summed E-state index contributed by atoms with van der Waals surface area (Å²) in [6.45, 7) is 5.92. The molecule has 198 valence electrons. The third-order valence-corrected chi connectivity index (χ3v) is 6.41. The average molecular weight is 479 g/mol. The van der Waals surface area contributed by atoms with Crippen molar-refractivity contribution in [2.75, 3.05) is 6.61 Å². The van der Waals surface area contributed by atoms with E-state index >= 15 is 0 Å². The van der Waals surface area contributed by atoms with Gasteiger partial charge in [-0.2, -0.15) is 0 Å². The molecule has 0 amide bonds. The fraction of sp³-hybridized carbons (Fsp3) is 0.800. The molecule has 0 aromatic rings. The second-order valence-corrected chi connectivity index (χ2v) is 9.71. The highest BCUT2D eigenvalue weighted by atomic mass is 16.5. The van der Waals surface area contributed by atoms with Crippen LogP contribution >= 0.6 is 0 Å². The summed E-state index contributed by atoms with van der Waals surface area (Å²) in [6, 6.07) is 0. The molecule has 0 bridgehead atoms. The predicted octanol–water partition coefficient (Wildman–Crippen LogP) is 9.18. The van der Waals surface area contributed by atoms with Crippen molar-refractivity contribution < 1.29 is 19.4 Å². The number of rotatable bonds is 26. The van der Waals surface area contributed by atoms with E-state index in [0.29, 0.717) is 6.42 Å². The zero-order chi connectivity index (χ0) is 25.1. The molecule has 0 aliphatic heterocycles. The lowest BCUT2D eigenvalue weighted by Crippen LogP contribution is -2.21. The molecule has 0 aliphatic carbocycles. The van der Waals surface area contributed by atoms with E-state index < -0.39 is 17.9 Å². The number of unbranched alkanes of at least 4 members (excludes halogenated alkanes) is 17. The molecule has 0 saturated carbocycles. The number of esters is 1. The molecule has 4 heteroatoms. The van der Waals surface area contributed by atoms with Crippen LogP contribution in [0.4, 0.5) is 0 Å². The third-order valence-electron chi connectivity index (χ3n) is 6.41. The van der Waals surface area contributed by atoms with Crippen LogP contribution in [0.5, 0.6) is 0 Å². The molecule has 0 aliphatic rings. The van der Waals surface area contributed by atoms with Gasteiger partial charge in [0.1, 0.15) is 6.61 Å². The van der Waals surface area contributed by atoms with Gasteiger partial charge in [-0.25, -0.2) is 0 Å². The number of aliphatic carboxylic acids is 1. The van der Waals surface area contributed by atoms with Crippen LogP contribution in [-0.4, -0.2) is 23.7 Å². The van der Waals surface area contributed by atoms with E-state index in [1.165, 1.54) is 109 Å². The largest absolute Gasteiger partial charge is 0.481 e. The molecule has 34 heavy (non-hydrogen) atoms. The van der Waals surface area contributed by atoms with Gasteiger partial charge in [0.2, 0.25) is 0 Å². The van der Waals surface area contributed by atoms with E-state index in [0.717, 1.165) is 19.3 Å². The molecule has 0 spiro atoms. The van der Waals surface area contributed by atoms with E-state index in [1.807, 2.05) is 0 Å². The Bertz CT molecular complexity index is 512. The van der Waals surface area contributed by atoms with E-state index in [4.69, 9.17) is 9.84 Å². The van der Waals surface area contributed by atoms with Gasteiger partial charge in [-0.15, -0.1) is 0 Å². The molecule has 1 N–H and O–H groups in total. The van der Waals surface area contributed by atoms with Crippen molar-refractivity contribution in [3.8, 4) is 0 Å². The molecule has 0 aromatic heterocycles. The van der Waals surface area contributed by atoms with Crippen LogP contribution in [-0.2, 0) is 14.3 Å². The maximum absolute atomic E-state index is 11.9. The summed E-state index contributed by atoms with van der Waals surface area (Å²) in [5.41, 5.74) is 0. The summed E-state index contributed by atoms with van der Waals surface area (Å²) in [4.78, 5) is 22.9. The van der Waals surface area contributed by atoms with Crippen LogP contribution in [0.15, 0.2) is 24.8 Å². The molecule has 4 nitrogen and oxygen atoms in total. The van der Waals surface area contributed by atoms with Crippen molar-refractivity contribution in [1.82, 2.24) is 0 Å². The van der Waals surface area contributed by atoms with E-state index in [2.05, 4.69) is 25.7 Å². The SMILES string of the molecule is C=CCOC(=O)C(CCCCCCCCCCCCCCC/C=C/CCCCCC)CC(=O)O. The Hall–Kier alpha value is -1.58. The van der Waals surface area contributed by atoms with E-state index in [1.54, 1.807) is 0 Å². The van der Waals surface area contributed by atoms with Crippen molar-refractivity contribution in [2.45, 2.75) is 142 Å². The van der Waals surface area contributed by atoms with Crippen LogP contribution in [0.3, 0.4) is 0 Å². The molecule has 0 radical (unpaired) electrons. The second-order valence-electron chi connectivity index (χ2n) is 9.71. The first-order chi connectivity index (χ1) is 16.6. The monoisotopic (exact) mass is 478 g/mol. The third kappa shape index (κ3) is 23.6. The van der Waals surface area contributed by atoms with Gasteiger partial charge in [-0.1, -0.05) is 128 Å². The Morgan fingerprint density at radius 2 is 1.18 bits per heavy atom. The van der Waals surface area contributed by atoms with Gasteiger partial charge in [0.15, 0.2) is 0 Å². The van der Waals surface area contributed by atoms with Gasteiger partial charge in [0, 0.05) is 0 Å². The van der Waals surface area contributed by atoms with Crippen LogP contribution in [0.25, 0.3) is 0 Å². The highest BCUT2D eigenvalue weighted by Gasteiger charge is 2.22. The van der Waals surface area contributed by atoms with Crippen LogP contribution in [0.2, 0.25) is 0 Å². The first kappa shape index (κ1) is 32.4. The van der Waals surface area contributed by atoms with Crippen molar-refractivity contribution in [3.63, 3.8) is 0 Å². The lowest BCUT2D eigenvalue weighted by atomic mass is 9.97. The number of allylic oxidation sites excluding steroid dienone is 2. The van der Waals surface area contributed by atoms with Crippen molar-refractivity contribution in [1.29, 1.82) is 0 Å². The summed E-state index contributed by atoms with van der Waals surface area (Å²) in [5.74, 6) is -1.89. The van der Waals surface area contributed by atoms with Crippen molar-refractivity contribution >= 4 is 11.9 Å². The lowest BCUT2D eigenvalue weighted by Gasteiger charge is -2.13. The Balaban J connectivity index is 3.42. The van der Waals surface area contributed by atoms with Gasteiger partial charge in [-0.05, 0) is 32.1 Å². The summed E-state index contributed by atoms with van der Waals surface area (Å²) in [7, 11) is 0. The van der Waals surface area contributed by atoms with Crippen molar-refractivity contribution in [3.05, 3.63) is 24.8 Å².